The molecule has 2 N–H and O–H groups in total. The second-order valence-corrected chi connectivity index (χ2v) is 7.50. The van der Waals surface area contributed by atoms with E-state index in [0.29, 0.717) is 5.92 Å². The predicted octanol–water partition coefficient (Wildman–Crippen LogP) is 2.51. The van der Waals surface area contributed by atoms with Crippen molar-refractivity contribution in [1.82, 2.24) is 19.8 Å². The Balaban J connectivity index is 1.61. The second kappa shape index (κ2) is 4.77. The Morgan fingerprint density at radius 3 is 2.70 bits per heavy atom. The molecule has 2 fully saturated rings. The van der Waals surface area contributed by atoms with E-state index in [-0.39, 0.29) is 5.41 Å². The Kier molecular flexibility index (Phi) is 3.03. The molecule has 0 saturated heterocycles. The summed E-state index contributed by atoms with van der Waals surface area (Å²) in [5.41, 5.74) is 6.36. The van der Waals surface area contributed by atoms with Crippen molar-refractivity contribution in [2.45, 2.75) is 57.3 Å². The zero-order valence-corrected chi connectivity index (χ0v) is 12.5. The Bertz CT molecular complexity index is 606. The largest absolute Gasteiger partial charge is 0.330 e. The first-order valence-corrected chi connectivity index (χ1v) is 8.52. The molecule has 0 bridgehead atoms. The molecule has 108 valence electrons. The first kappa shape index (κ1) is 12.7. The van der Waals surface area contributed by atoms with E-state index < -0.39 is 0 Å². The highest BCUT2D eigenvalue weighted by molar-refractivity contribution is 7.16. The standard InChI is InChI=1S/C14H21N5S/c15-9-14(6-2-1-3-7-14)8-11-18-19-12(10-4-5-10)16-17-13(19)20-11/h10H,1-9,15H2. The number of fused-ring (bicyclic) bond motifs is 1. The SMILES string of the molecule is NCC1(Cc2nn3c(C4CC4)nnc3s2)CCCCC1. The highest BCUT2D eigenvalue weighted by Gasteiger charge is 2.33. The van der Waals surface area contributed by atoms with E-state index in [1.807, 2.05) is 4.52 Å². The van der Waals surface area contributed by atoms with Crippen LogP contribution in [0.2, 0.25) is 0 Å². The molecule has 2 aliphatic rings. The lowest BCUT2D eigenvalue weighted by molar-refractivity contribution is 0.196. The summed E-state index contributed by atoms with van der Waals surface area (Å²) in [6.07, 6.45) is 9.97. The number of hydrogen-bond acceptors (Lipinski definition) is 5. The summed E-state index contributed by atoms with van der Waals surface area (Å²) in [7, 11) is 0. The number of nitrogens with zero attached hydrogens (tertiary/aromatic N) is 4. The Hall–Kier alpha value is -1.01. The van der Waals surface area contributed by atoms with Crippen molar-refractivity contribution in [3.8, 4) is 0 Å². The van der Waals surface area contributed by atoms with Gasteiger partial charge in [0.25, 0.3) is 0 Å². The molecule has 20 heavy (non-hydrogen) atoms. The summed E-state index contributed by atoms with van der Waals surface area (Å²) in [6.45, 7) is 0.780. The van der Waals surface area contributed by atoms with Crippen LogP contribution >= 0.6 is 11.3 Å². The highest BCUT2D eigenvalue weighted by atomic mass is 32.1. The molecule has 0 aromatic carbocycles. The van der Waals surface area contributed by atoms with Gasteiger partial charge in [-0.05, 0) is 37.6 Å². The third-order valence-corrected chi connectivity index (χ3v) is 5.77. The molecule has 0 atom stereocenters. The van der Waals surface area contributed by atoms with Gasteiger partial charge in [0, 0.05) is 12.3 Å². The number of nitrogens with two attached hydrogens (primary N) is 1. The molecule has 0 amide bonds. The molecule has 2 heterocycles. The van der Waals surface area contributed by atoms with E-state index in [0.717, 1.165) is 23.8 Å². The van der Waals surface area contributed by atoms with Crippen molar-refractivity contribution in [1.29, 1.82) is 0 Å². The average Bonchev–Trinajstić information content (AvgIpc) is 3.12. The van der Waals surface area contributed by atoms with Gasteiger partial charge in [0.05, 0.1) is 0 Å². The summed E-state index contributed by atoms with van der Waals surface area (Å²) in [5, 5.41) is 14.5. The van der Waals surface area contributed by atoms with Gasteiger partial charge in [0.15, 0.2) is 5.82 Å². The maximum absolute atomic E-state index is 6.09. The molecule has 2 saturated carbocycles. The third-order valence-electron chi connectivity index (χ3n) is 4.87. The molecule has 6 heteroatoms. The zero-order valence-electron chi connectivity index (χ0n) is 11.7. The predicted molar refractivity (Wildman–Crippen MR) is 78.9 cm³/mol. The molecular weight excluding hydrogens is 270 g/mol. The summed E-state index contributed by atoms with van der Waals surface area (Å²) in [5.74, 6) is 1.66. The van der Waals surface area contributed by atoms with E-state index in [9.17, 15) is 0 Å². The van der Waals surface area contributed by atoms with E-state index in [4.69, 9.17) is 10.8 Å². The summed E-state index contributed by atoms with van der Waals surface area (Å²) in [6, 6.07) is 0. The van der Waals surface area contributed by atoms with E-state index >= 15 is 0 Å². The van der Waals surface area contributed by atoms with Crippen molar-refractivity contribution in [3.05, 3.63) is 10.8 Å². The number of aromatic nitrogens is 4. The topological polar surface area (TPSA) is 69.1 Å². The maximum atomic E-state index is 6.09. The molecule has 2 aromatic rings. The Morgan fingerprint density at radius 2 is 2.00 bits per heavy atom. The van der Waals surface area contributed by atoms with Crippen LogP contribution in [0.1, 0.15) is 61.7 Å². The lowest BCUT2D eigenvalue weighted by Crippen LogP contribution is -2.34. The Labute approximate surface area is 122 Å². The van der Waals surface area contributed by atoms with Crippen LogP contribution in [0.15, 0.2) is 0 Å². The van der Waals surface area contributed by atoms with Crippen LogP contribution < -0.4 is 5.73 Å². The highest BCUT2D eigenvalue weighted by Crippen LogP contribution is 2.41. The van der Waals surface area contributed by atoms with Crippen molar-refractivity contribution in [2.75, 3.05) is 6.54 Å². The first-order chi connectivity index (χ1) is 9.80. The van der Waals surface area contributed by atoms with Gasteiger partial charge in [-0.3, -0.25) is 0 Å². The van der Waals surface area contributed by atoms with Crippen molar-refractivity contribution in [2.24, 2.45) is 11.1 Å². The average molecular weight is 291 g/mol. The van der Waals surface area contributed by atoms with E-state index in [1.54, 1.807) is 11.3 Å². The van der Waals surface area contributed by atoms with Crippen LogP contribution in [0.5, 0.6) is 0 Å². The van der Waals surface area contributed by atoms with Crippen molar-refractivity contribution < 1.29 is 0 Å². The molecule has 0 unspecified atom stereocenters. The van der Waals surface area contributed by atoms with Crippen LogP contribution in [0.25, 0.3) is 4.96 Å². The first-order valence-electron chi connectivity index (χ1n) is 7.71. The molecular formula is C14H21N5S. The molecule has 0 radical (unpaired) electrons. The van der Waals surface area contributed by atoms with E-state index in [1.165, 1.54) is 50.0 Å². The zero-order chi connectivity index (χ0) is 13.6. The minimum absolute atomic E-state index is 0.279. The summed E-state index contributed by atoms with van der Waals surface area (Å²) in [4.78, 5) is 0.949. The minimum Gasteiger partial charge on any atom is -0.330 e. The molecule has 0 spiro atoms. The molecule has 2 aliphatic carbocycles. The van der Waals surface area contributed by atoms with Gasteiger partial charge >= 0.3 is 0 Å². The quantitative estimate of drug-likeness (QED) is 0.939. The van der Waals surface area contributed by atoms with E-state index in [2.05, 4.69) is 10.2 Å². The monoisotopic (exact) mass is 291 g/mol. The van der Waals surface area contributed by atoms with Gasteiger partial charge in [-0.2, -0.15) is 9.61 Å². The normalized spacial score (nSPS) is 22.4. The Morgan fingerprint density at radius 1 is 1.20 bits per heavy atom. The molecule has 2 aromatic heterocycles. The van der Waals surface area contributed by atoms with Crippen molar-refractivity contribution >= 4 is 16.3 Å². The van der Waals surface area contributed by atoms with Gasteiger partial charge in [0.1, 0.15) is 5.01 Å². The van der Waals surface area contributed by atoms with Crippen LogP contribution in [0, 0.1) is 5.41 Å². The fourth-order valence-electron chi connectivity index (χ4n) is 3.41. The smallest absolute Gasteiger partial charge is 0.234 e. The van der Waals surface area contributed by atoms with Gasteiger partial charge in [-0.15, -0.1) is 10.2 Å². The van der Waals surface area contributed by atoms with Gasteiger partial charge in [-0.1, -0.05) is 30.6 Å². The third kappa shape index (κ3) is 2.15. The minimum atomic E-state index is 0.279. The lowest BCUT2D eigenvalue weighted by atomic mass is 9.72. The van der Waals surface area contributed by atoms with Gasteiger partial charge < -0.3 is 5.73 Å². The molecule has 4 rings (SSSR count). The maximum Gasteiger partial charge on any atom is 0.234 e. The number of hydrogen-bond donors (Lipinski definition) is 1. The second-order valence-electron chi connectivity index (χ2n) is 6.46. The van der Waals surface area contributed by atoms with Gasteiger partial charge in [0.2, 0.25) is 4.96 Å². The lowest BCUT2D eigenvalue weighted by Gasteiger charge is -2.35. The summed E-state index contributed by atoms with van der Waals surface area (Å²) < 4.78 is 1.98. The van der Waals surface area contributed by atoms with Crippen molar-refractivity contribution in [3.63, 3.8) is 0 Å². The number of rotatable bonds is 4. The van der Waals surface area contributed by atoms with Crippen LogP contribution in [0.3, 0.4) is 0 Å². The fourth-order valence-corrected chi connectivity index (χ4v) is 4.43. The van der Waals surface area contributed by atoms with Crippen LogP contribution in [0.4, 0.5) is 0 Å². The van der Waals surface area contributed by atoms with Gasteiger partial charge in [-0.25, -0.2) is 0 Å². The summed E-state index contributed by atoms with van der Waals surface area (Å²) >= 11 is 1.69. The van der Waals surface area contributed by atoms with Crippen LogP contribution in [-0.2, 0) is 6.42 Å². The molecule has 0 aliphatic heterocycles. The molecule has 5 nitrogen and oxygen atoms in total. The van der Waals surface area contributed by atoms with Crippen LogP contribution in [-0.4, -0.2) is 26.4 Å². The fraction of sp³-hybridized carbons (Fsp3) is 0.786.